The molecule has 0 unspecified atom stereocenters. The minimum absolute atomic E-state index is 0.0248. The Balaban J connectivity index is 1.65. The number of nitrogens with zero attached hydrogens (tertiary/aromatic N) is 3. The number of piperidine rings is 1. The lowest BCUT2D eigenvalue weighted by atomic mass is 10.1. The minimum atomic E-state index is 0.0248. The summed E-state index contributed by atoms with van der Waals surface area (Å²) in [5.74, 6) is 1.20. The number of carbonyl (C=O) groups excluding carboxylic acids is 1. The minimum Gasteiger partial charge on any atom is -0.340 e. The topological polar surface area (TPSA) is 73.9 Å². The van der Waals surface area contributed by atoms with Crippen molar-refractivity contribution in [2.45, 2.75) is 71.1 Å². The van der Waals surface area contributed by atoms with Crippen LogP contribution in [0.1, 0.15) is 71.1 Å². The van der Waals surface area contributed by atoms with Gasteiger partial charge in [0.05, 0.1) is 0 Å². The Hall–Kier alpha value is -1.59. The first-order valence-corrected chi connectivity index (χ1v) is 8.77. The van der Waals surface area contributed by atoms with E-state index in [0.717, 1.165) is 25.9 Å². The number of hydrogen-bond donors (Lipinski definition) is 2. The van der Waals surface area contributed by atoms with Gasteiger partial charge in [-0.3, -0.25) is 10.1 Å². The molecule has 0 bridgehead atoms. The molecule has 1 aromatic heterocycles. The number of hydrogen-bond acceptors (Lipinski definition) is 4. The number of unbranched alkanes of at least 4 members (excludes halogenated alkanes) is 5. The SMILES string of the molecule is CCCCCCCCC(=O)Nc1nc(N2CCCCC2)n[nH]1. The summed E-state index contributed by atoms with van der Waals surface area (Å²) in [6.45, 7) is 4.22. The van der Waals surface area contributed by atoms with Crippen molar-refractivity contribution >= 4 is 17.8 Å². The first kappa shape index (κ1) is 16.8. The largest absolute Gasteiger partial charge is 0.340 e. The molecular weight excluding hydrogens is 278 g/mol. The van der Waals surface area contributed by atoms with Crippen molar-refractivity contribution in [1.29, 1.82) is 0 Å². The zero-order chi connectivity index (χ0) is 15.6. The molecule has 2 rings (SSSR count). The average molecular weight is 307 g/mol. The summed E-state index contributed by atoms with van der Waals surface area (Å²) in [7, 11) is 0. The molecule has 6 nitrogen and oxygen atoms in total. The number of aromatic amines is 1. The van der Waals surface area contributed by atoms with Gasteiger partial charge in [0.2, 0.25) is 17.8 Å². The predicted molar refractivity (Wildman–Crippen MR) is 89.1 cm³/mol. The van der Waals surface area contributed by atoms with E-state index in [-0.39, 0.29) is 5.91 Å². The second-order valence-corrected chi connectivity index (χ2v) is 6.10. The molecule has 1 aliphatic rings. The zero-order valence-electron chi connectivity index (χ0n) is 13.7. The van der Waals surface area contributed by atoms with Crippen LogP contribution in [0.5, 0.6) is 0 Å². The van der Waals surface area contributed by atoms with Crippen LogP contribution in [0, 0.1) is 0 Å². The Labute approximate surface area is 133 Å². The summed E-state index contributed by atoms with van der Waals surface area (Å²) in [6, 6.07) is 0. The number of aromatic nitrogens is 3. The first-order chi connectivity index (χ1) is 10.8. The third kappa shape index (κ3) is 5.66. The fraction of sp³-hybridized carbons (Fsp3) is 0.812. The van der Waals surface area contributed by atoms with Gasteiger partial charge in [-0.1, -0.05) is 39.0 Å². The van der Waals surface area contributed by atoms with Crippen molar-refractivity contribution in [3.8, 4) is 0 Å². The van der Waals surface area contributed by atoms with Crippen molar-refractivity contribution in [2.24, 2.45) is 0 Å². The van der Waals surface area contributed by atoms with Crippen LogP contribution in [0.3, 0.4) is 0 Å². The van der Waals surface area contributed by atoms with Crippen LogP contribution in [-0.4, -0.2) is 34.2 Å². The maximum Gasteiger partial charge on any atom is 0.246 e. The first-order valence-electron chi connectivity index (χ1n) is 8.77. The highest BCUT2D eigenvalue weighted by atomic mass is 16.1. The molecule has 1 aromatic rings. The smallest absolute Gasteiger partial charge is 0.246 e. The maximum absolute atomic E-state index is 11.9. The van der Waals surface area contributed by atoms with Crippen LogP contribution in [0.25, 0.3) is 0 Å². The van der Waals surface area contributed by atoms with Gasteiger partial charge in [0.15, 0.2) is 0 Å². The third-order valence-corrected chi connectivity index (χ3v) is 4.13. The van der Waals surface area contributed by atoms with Gasteiger partial charge in [-0.2, -0.15) is 4.98 Å². The Morgan fingerprint density at radius 3 is 2.64 bits per heavy atom. The summed E-state index contributed by atoms with van der Waals surface area (Å²) >= 11 is 0. The van der Waals surface area contributed by atoms with Crippen molar-refractivity contribution in [3.05, 3.63) is 0 Å². The molecular formula is C16H29N5O. The molecule has 1 fully saturated rings. The number of anilines is 2. The summed E-state index contributed by atoms with van der Waals surface area (Å²) in [5, 5.41) is 9.82. The van der Waals surface area contributed by atoms with Gasteiger partial charge < -0.3 is 4.90 Å². The van der Waals surface area contributed by atoms with E-state index in [1.165, 1.54) is 44.9 Å². The molecule has 0 aliphatic carbocycles. The Morgan fingerprint density at radius 1 is 1.14 bits per heavy atom. The van der Waals surface area contributed by atoms with Crippen molar-refractivity contribution in [3.63, 3.8) is 0 Å². The third-order valence-electron chi connectivity index (χ3n) is 4.13. The van der Waals surface area contributed by atoms with Crippen molar-refractivity contribution in [1.82, 2.24) is 15.2 Å². The molecule has 6 heteroatoms. The van der Waals surface area contributed by atoms with Gasteiger partial charge in [-0.15, -0.1) is 5.10 Å². The summed E-state index contributed by atoms with van der Waals surface area (Å²) < 4.78 is 0. The molecule has 0 spiro atoms. The highest BCUT2D eigenvalue weighted by Gasteiger charge is 2.15. The fourth-order valence-corrected chi connectivity index (χ4v) is 2.80. The Bertz CT molecular complexity index is 439. The van der Waals surface area contributed by atoms with Crippen LogP contribution in [-0.2, 0) is 4.79 Å². The standard InChI is InChI=1S/C16H29N5O/c1-2-3-4-5-6-8-11-14(22)17-15-18-16(20-19-15)21-12-9-7-10-13-21/h2-13H2,1H3,(H2,17,18,19,20,22). The van der Waals surface area contributed by atoms with Crippen molar-refractivity contribution in [2.75, 3.05) is 23.3 Å². The quantitative estimate of drug-likeness (QED) is 0.685. The molecule has 0 radical (unpaired) electrons. The van der Waals surface area contributed by atoms with Crippen LogP contribution in [0.2, 0.25) is 0 Å². The predicted octanol–water partition coefficient (Wildman–Crippen LogP) is 3.48. The molecule has 1 aliphatic heterocycles. The molecule has 2 heterocycles. The average Bonchev–Trinajstić information content (AvgIpc) is 3.00. The maximum atomic E-state index is 11.9. The van der Waals surface area contributed by atoms with Crippen molar-refractivity contribution < 1.29 is 4.79 Å². The van der Waals surface area contributed by atoms with Gasteiger partial charge in [0.25, 0.3) is 0 Å². The second kappa shape index (κ2) is 9.43. The van der Waals surface area contributed by atoms with E-state index >= 15 is 0 Å². The molecule has 22 heavy (non-hydrogen) atoms. The van der Waals surface area contributed by atoms with Crippen LogP contribution in [0.15, 0.2) is 0 Å². The fourth-order valence-electron chi connectivity index (χ4n) is 2.80. The van der Waals surface area contributed by atoms with E-state index in [0.29, 0.717) is 18.3 Å². The lowest BCUT2D eigenvalue weighted by Gasteiger charge is -2.24. The number of H-pyrrole nitrogens is 1. The van der Waals surface area contributed by atoms with Gasteiger partial charge in [0, 0.05) is 19.5 Å². The van der Waals surface area contributed by atoms with E-state index in [9.17, 15) is 4.79 Å². The summed E-state index contributed by atoms with van der Waals surface area (Å²) in [5.41, 5.74) is 0. The van der Waals surface area contributed by atoms with Gasteiger partial charge in [-0.25, -0.2) is 5.10 Å². The molecule has 0 saturated carbocycles. The van der Waals surface area contributed by atoms with E-state index in [4.69, 9.17) is 0 Å². The Kier molecular flexibility index (Phi) is 7.19. The lowest BCUT2D eigenvalue weighted by molar-refractivity contribution is -0.116. The molecule has 1 saturated heterocycles. The molecule has 1 amide bonds. The normalized spacial score (nSPS) is 15.0. The number of rotatable bonds is 9. The number of nitrogens with one attached hydrogen (secondary N) is 2. The lowest BCUT2D eigenvalue weighted by Crippen LogP contribution is -2.30. The highest BCUT2D eigenvalue weighted by Crippen LogP contribution is 2.16. The number of amides is 1. The molecule has 0 aromatic carbocycles. The molecule has 0 atom stereocenters. The monoisotopic (exact) mass is 307 g/mol. The summed E-state index contributed by atoms with van der Waals surface area (Å²) in [6.07, 6.45) is 11.3. The second-order valence-electron chi connectivity index (χ2n) is 6.10. The van der Waals surface area contributed by atoms with E-state index in [1.54, 1.807) is 0 Å². The van der Waals surface area contributed by atoms with E-state index < -0.39 is 0 Å². The zero-order valence-corrected chi connectivity index (χ0v) is 13.7. The number of carbonyl (C=O) groups is 1. The Morgan fingerprint density at radius 2 is 1.86 bits per heavy atom. The van der Waals surface area contributed by atoms with E-state index in [2.05, 4.69) is 32.3 Å². The molecule has 2 N–H and O–H groups in total. The van der Waals surface area contributed by atoms with Gasteiger partial charge in [-0.05, 0) is 25.7 Å². The van der Waals surface area contributed by atoms with E-state index in [1.807, 2.05) is 0 Å². The molecule has 124 valence electrons. The van der Waals surface area contributed by atoms with Crippen LogP contribution >= 0.6 is 0 Å². The summed E-state index contributed by atoms with van der Waals surface area (Å²) in [4.78, 5) is 18.4. The van der Waals surface area contributed by atoms with Crippen LogP contribution in [0.4, 0.5) is 11.9 Å². The van der Waals surface area contributed by atoms with Gasteiger partial charge >= 0.3 is 0 Å². The van der Waals surface area contributed by atoms with Gasteiger partial charge in [0.1, 0.15) is 0 Å². The highest BCUT2D eigenvalue weighted by molar-refractivity contribution is 5.88. The van der Waals surface area contributed by atoms with Crippen LogP contribution < -0.4 is 10.2 Å².